The molecule has 0 saturated carbocycles. The Morgan fingerprint density at radius 1 is 1.25 bits per heavy atom. The van der Waals surface area contributed by atoms with Gasteiger partial charge in [-0.05, 0) is 17.7 Å². The first-order valence-electron chi connectivity index (χ1n) is 5.54. The highest BCUT2D eigenvalue weighted by Crippen LogP contribution is 2.09. The number of nitrogens with two attached hydrogens (primary N) is 1. The van der Waals surface area contributed by atoms with Crippen molar-refractivity contribution in [1.29, 1.82) is 0 Å². The summed E-state index contributed by atoms with van der Waals surface area (Å²) in [5.74, 6) is 4.76. The molecule has 0 radical (unpaired) electrons. The molecule has 106 valence electrons. The number of anilines is 1. The third kappa shape index (κ3) is 3.47. The molecule has 0 amide bonds. The second kappa shape index (κ2) is 5.90. The van der Waals surface area contributed by atoms with Crippen LogP contribution in [-0.2, 0) is 16.6 Å². The lowest BCUT2D eigenvalue weighted by Gasteiger charge is -2.07. The summed E-state index contributed by atoms with van der Waals surface area (Å²) >= 11 is 0. The number of aromatic nitrogens is 2. The number of sulfonamides is 1. The van der Waals surface area contributed by atoms with Crippen LogP contribution in [0.5, 0.6) is 0 Å². The lowest BCUT2D eigenvalue weighted by Crippen LogP contribution is -2.24. The molecule has 1 aromatic carbocycles. The number of hydrazine groups is 1. The standard InChI is InChI=1S/C11H12FN5O2S/c12-9-3-1-2-8(4-9)5-16-20(18,19)10-6-14-11(17-13)15-7-10/h1-4,6-7,16H,5,13H2,(H,14,15,17). The number of hydrogen-bond acceptors (Lipinski definition) is 6. The van der Waals surface area contributed by atoms with Crippen LogP contribution in [0.3, 0.4) is 0 Å². The van der Waals surface area contributed by atoms with Crippen molar-refractivity contribution in [3.8, 4) is 0 Å². The summed E-state index contributed by atoms with van der Waals surface area (Å²) in [5, 5.41) is 0. The van der Waals surface area contributed by atoms with Gasteiger partial charge in [-0.25, -0.2) is 33.3 Å². The van der Waals surface area contributed by atoms with Crippen molar-refractivity contribution < 1.29 is 12.8 Å². The monoisotopic (exact) mass is 297 g/mol. The molecule has 7 nitrogen and oxygen atoms in total. The molecule has 0 atom stereocenters. The molecule has 1 heterocycles. The van der Waals surface area contributed by atoms with Crippen molar-refractivity contribution >= 4 is 16.0 Å². The van der Waals surface area contributed by atoms with Crippen molar-refractivity contribution in [3.63, 3.8) is 0 Å². The third-order valence-electron chi connectivity index (χ3n) is 2.42. The van der Waals surface area contributed by atoms with E-state index in [9.17, 15) is 12.8 Å². The average Bonchev–Trinajstić information content (AvgIpc) is 2.45. The van der Waals surface area contributed by atoms with E-state index >= 15 is 0 Å². The van der Waals surface area contributed by atoms with E-state index in [0.717, 1.165) is 12.4 Å². The first-order valence-corrected chi connectivity index (χ1v) is 7.02. The SMILES string of the molecule is NNc1ncc(S(=O)(=O)NCc2cccc(F)c2)cn1. The molecule has 0 unspecified atom stereocenters. The first-order chi connectivity index (χ1) is 9.51. The molecule has 0 aliphatic rings. The van der Waals surface area contributed by atoms with Crippen LogP contribution in [0.4, 0.5) is 10.3 Å². The van der Waals surface area contributed by atoms with Gasteiger partial charge in [0.1, 0.15) is 10.7 Å². The van der Waals surface area contributed by atoms with E-state index in [-0.39, 0.29) is 17.4 Å². The molecule has 0 saturated heterocycles. The van der Waals surface area contributed by atoms with Gasteiger partial charge in [0.25, 0.3) is 0 Å². The smallest absolute Gasteiger partial charge is 0.243 e. The number of hydrogen-bond donors (Lipinski definition) is 3. The fourth-order valence-corrected chi connectivity index (χ4v) is 2.34. The minimum Gasteiger partial charge on any atom is -0.292 e. The van der Waals surface area contributed by atoms with Crippen molar-refractivity contribution in [2.75, 3.05) is 5.43 Å². The molecule has 1 aromatic heterocycles. The number of benzene rings is 1. The van der Waals surface area contributed by atoms with Gasteiger partial charge in [-0.15, -0.1) is 0 Å². The van der Waals surface area contributed by atoms with E-state index in [0.29, 0.717) is 5.56 Å². The van der Waals surface area contributed by atoms with Gasteiger partial charge in [0, 0.05) is 6.54 Å². The van der Waals surface area contributed by atoms with Crippen LogP contribution in [0, 0.1) is 5.82 Å². The molecule has 0 bridgehead atoms. The summed E-state index contributed by atoms with van der Waals surface area (Å²) < 4.78 is 39.2. The van der Waals surface area contributed by atoms with Gasteiger partial charge in [0.05, 0.1) is 12.4 Å². The Morgan fingerprint density at radius 2 is 1.95 bits per heavy atom. The van der Waals surface area contributed by atoms with Crippen LogP contribution in [-0.4, -0.2) is 18.4 Å². The van der Waals surface area contributed by atoms with Crippen molar-refractivity contribution in [1.82, 2.24) is 14.7 Å². The largest absolute Gasteiger partial charge is 0.292 e. The van der Waals surface area contributed by atoms with Crippen LogP contribution < -0.4 is 16.0 Å². The molecule has 2 aromatic rings. The lowest BCUT2D eigenvalue weighted by atomic mass is 10.2. The van der Waals surface area contributed by atoms with Gasteiger partial charge >= 0.3 is 0 Å². The van der Waals surface area contributed by atoms with Crippen molar-refractivity contribution in [3.05, 3.63) is 48.0 Å². The van der Waals surface area contributed by atoms with E-state index in [1.165, 1.54) is 18.2 Å². The first kappa shape index (κ1) is 14.3. The average molecular weight is 297 g/mol. The topological polar surface area (TPSA) is 110 Å². The maximum atomic E-state index is 13.0. The predicted molar refractivity (Wildman–Crippen MR) is 70.3 cm³/mol. The molecule has 9 heteroatoms. The van der Waals surface area contributed by atoms with Crippen LogP contribution in [0.1, 0.15) is 5.56 Å². The third-order valence-corrected chi connectivity index (χ3v) is 3.78. The second-order valence-corrected chi connectivity index (χ2v) is 5.61. The number of nitrogens with zero attached hydrogens (tertiary/aromatic N) is 2. The maximum absolute atomic E-state index is 13.0. The maximum Gasteiger partial charge on any atom is 0.243 e. The molecule has 0 aliphatic heterocycles. The van der Waals surface area contributed by atoms with Crippen LogP contribution in [0.2, 0.25) is 0 Å². The van der Waals surface area contributed by atoms with Gasteiger partial charge in [-0.2, -0.15) is 0 Å². The molecule has 20 heavy (non-hydrogen) atoms. The highest BCUT2D eigenvalue weighted by molar-refractivity contribution is 7.89. The van der Waals surface area contributed by atoms with Crippen molar-refractivity contribution in [2.45, 2.75) is 11.4 Å². The minimum absolute atomic E-state index is 0.0308. The predicted octanol–water partition coefficient (Wildman–Crippen LogP) is 0.380. The fraction of sp³-hybridized carbons (Fsp3) is 0.0909. The minimum atomic E-state index is -3.76. The van der Waals surface area contributed by atoms with Gasteiger partial charge in [0.2, 0.25) is 16.0 Å². The Hall–Kier alpha value is -2.10. The van der Waals surface area contributed by atoms with E-state index in [1.807, 2.05) is 0 Å². The molecule has 2 rings (SSSR count). The Balaban J connectivity index is 2.10. The summed E-state index contributed by atoms with van der Waals surface area (Å²) in [5.41, 5.74) is 2.70. The second-order valence-electron chi connectivity index (χ2n) is 3.84. The number of halogens is 1. The molecule has 0 spiro atoms. The van der Waals surface area contributed by atoms with Crippen molar-refractivity contribution in [2.24, 2.45) is 5.84 Å². The molecule has 0 fully saturated rings. The summed E-state index contributed by atoms with van der Waals surface area (Å²) in [6.45, 7) is -0.0308. The Morgan fingerprint density at radius 3 is 2.55 bits per heavy atom. The Kier molecular flexibility index (Phi) is 4.23. The zero-order valence-corrected chi connectivity index (χ0v) is 11.1. The quantitative estimate of drug-likeness (QED) is 0.543. The van der Waals surface area contributed by atoms with Gasteiger partial charge in [0.15, 0.2) is 0 Å². The lowest BCUT2D eigenvalue weighted by molar-refractivity contribution is 0.579. The van der Waals surface area contributed by atoms with Crippen LogP contribution in [0.25, 0.3) is 0 Å². The Bertz CT molecular complexity index is 690. The normalized spacial score (nSPS) is 11.3. The zero-order valence-electron chi connectivity index (χ0n) is 10.2. The van der Waals surface area contributed by atoms with E-state index in [2.05, 4.69) is 20.1 Å². The van der Waals surface area contributed by atoms with Crippen LogP contribution in [0.15, 0.2) is 41.6 Å². The van der Waals surface area contributed by atoms with Gasteiger partial charge < -0.3 is 0 Å². The summed E-state index contributed by atoms with van der Waals surface area (Å²) in [4.78, 5) is 7.31. The fourth-order valence-electron chi connectivity index (χ4n) is 1.44. The van der Waals surface area contributed by atoms with Gasteiger partial charge in [-0.1, -0.05) is 12.1 Å². The van der Waals surface area contributed by atoms with Gasteiger partial charge in [-0.3, -0.25) is 5.43 Å². The number of nitrogen functional groups attached to an aromatic ring is 1. The highest BCUT2D eigenvalue weighted by Gasteiger charge is 2.14. The number of nitrogens with one attached hydrogen (secondary N) is 2. The number of rotatable bonds is 5. The van der Waals surface area contributed by atoms with E-state index < -0.39 is 15.8 Å². The van der Waals surface area contributed by atoms with E-state index in [1.54, 1.807) is 6.07 Å². The molecule has 4 N–H and O–H groups in total. The Labute approximate surface area is 115 Å². The summed E-state index contributed by atoms with van der Waals surface area (Å²) in [7, 11) is -3.76. The van der Waals surface area contributed by atoms with Crippen LogP contribution >= 0.6 is 0 Å². The molecular weight excluding hydrogens is 285 g/mol. The highest BCUT2D eigenvalue weighted by atomic mass is 32.2. The zero-order chi connectivity index (χ0) is 14.6. The van der Waals surface area contributed by atoms with E-state index in [4.69, 9.17) is 5.84 Å². The molecular formula is C11H12FN5O2S. The summed E-state index contributed by atoms with van der Waals surface area (Å²) in [6, 6.07) is 5.65. The summed E-state index contributed by atoms with van der Waals surface area (Å²) in [6.07, 6.45) is 2.24. The molecule has 0 aliphatic carbocycles.